The molecule has 0 bridgehead atoms. The van der Waals surface area contributed by atoms with E-state index in [-0.39, 0.29) is 11.6 Å². The van der Waals surface area contributed by atoms with Crippen LogP contribution in [0.25, 0.3) is 6.08 Å². The average molecular weight is 676 g/mol. The van der Waals surface area contributed by atoms with Crippen LogP contribution in [0.5, 0.6) is 23.0 Å². The number of carbonyl (C=O) groups is 3. The van der Waals surface area contributed by atoms with Gasteiger partial charge in [-0.3, -0.25) is 14.4 Å². The molecule has 47 heavy (non-hydrogen) atoms. The molecule has 0 saturated carbocycles. The molecule has 244 valence electrons. The SMILES string of the molecule is COc1ccc(NC(=O)C(C)Sc2ccc(NC(=O)/C(=C/c3cc(OC)c(OC)c(OC)c3)NC(=O)c3ccccc3)cc2)cc1Cl. The molecule has 0 heterocycles. The fraction of sp³-hybridized carbons (Fsp3) is 0.171. The van der Waals surface area contributed by atoms with Gasteiger partial charge in [-0.05, 0) is 85.3 Å². The Morgan fingerprint density at radius 2 is 1.36 bits per heavy atom. The minimum Gasteiger partial charge on any atom is -0.495 e. The van der Waals surface area contributed by atoms with Crippen LogP contribution in [0.15, 0.2) is 95.5 Å². The molecule has 4 aromatic rings. The third-order valence-corrected chi connectivity index (χ3v) is 8.15. The van der Waals surface area contributed by atoms with Crippen molar-refractivity contribution in [2.45, 2.75) is 17.1 Å². The Kier molecular flexibility index (Phi) is 12.1. The van der Waals surface area contributed by atoms with Crippen molar-refractivity contribution >= 4 is 58.5 Å². The lowest BCUT2D eigenvalue weighted by molar-refractivity contribution is -0.115. The number of benzene rings is 4. The van der Waals surface area contributed by atoms with E-state index in [9.17, 15) is 14.4 Å². The van der Waals surface area contributed by atoms with Crippen LogP contribution in [0, 0.1) is 0 Å². The van der Waals surface area contributed by atoms with Gasteiger partial charge in [0.2, 0.25) is 11.7 Å². The van der Waals surface area contributed by atoms with Crippen molar-refractivity contribution < 1.29 is 33.3 Å². The van der Waals surface area contributed by atoms with Gasteiger partial charge in [0.25, 0.3) is 11.8 Å². The largest absolute Gasteiger partial charge is 0.495 e. The molecule has 0 aromatic heterocycles. The van der Waals surface area contributed by atoms with E-state index in [0.717, 1.165) is 4.90 Å². The van der Waals surface area contributed by atoms with Gasteiger partial charge in [-0.25, -0.2) is 0 Å². The van der Waals surface area contributed by atoms with Crippen molar-refractivity contribution in [1.82, 2.24) is 5.32 Å². The Morgan fingerprint density at radius 3 is 1.94 bits per heavy atom. The molecule has 3 amide bonds. The Morgan fingerprint density at radius 1 is 0.745 bits per heavy atom. The number of amides is 3. The summed E-state index contributed by atoms with van der Waals surface area (Å²) in [6, 6.07) is 23.9. The molecule has 0 fully saturated rings. The van der Waals surface area contributed by atoms with Crippen molar-refractivity contribution in [3.63, 3.8) is 0 Å². The summed E-state index contributed by atoms with van der Waals surface area (Å²) >= 11 is 7.52. The van der Waals surface area contributed by atoms with E-state index in [1.165, 1.54) is 46.3 Å². The zero-order valence-electron chi connectivity index (χ0n) is 26.4. The predicted molar refractivity (Wildman–Crippen MR) is 185 cm³/mol. The molecule has 0 aliphatic rings. The van der Waals surface area contributed by atoms with Gasteiger partial charge < -0.3 is 34.9 Å². The van der Waals surface area contributed by atoms with Gasteiger partial charge in [0, 0.05) is 21.8 Å². The predicted octanol–water partition coefficient (Wildman–Crippen LogP) is 6.90. The number of anilines is 2. The molecule has 0 aliphatic carbocycles. The lowest BCUT2D eigenvalue weighted by Crippen LogP contribution is -2.30. The Bertz CT molecular complexity index is 1740. The second-order valence-corrected chi connectivity index (χ2v) is 11.7. The molecule has 4 aromatic carbocycles. The maximum Gasteiger partial charge on any atom is 0.272 e. The molecule has 1 unspecified atom stereocenters. The van der Waals surface area contributed by atoms with Gasteiger partial charge in [0.05, 0.1) is 38.7 Å². The highest BCUT2D eigenvalue weighted by molar-refractivity contribution is 8.00. The van der Waals surface area contributed by atoms with Crippen LogP contribution in [0.3, 0.4) is 0 Å². The highest BCUT2D eigenvalue weighted by Gasteiger charge is 2.19. The average Bonchev–Trinajstić information content (AvgIpc) is 3.08. The molecule has 12 heteroatoms. The van der Waals surface area contributed by atoms with Crippen molar-refractivity contribution in [2.75, 3.05) is 39.1 Å². The normalized spacial score (nSPS) is 11.6. The standard InChI is InChI=1S/C35H34ClN3O7S/c1-21(33(40)38-25-13-16-29(43-2)27(36)20-25)47-26-14-11-24(12-15-26)37-35(42)28(39-34(41)23-9-7-6-8-10-23)17-22-18-30(44-3)32(46-5)31(19-22)45-4/h6-21H,1-5H3,(H,37,42)(H,38,40)(H,39,41)/b28-17-. The van der Waals surface area contributed by atoms with Crippen molar-refractivity contribution in [2.24, 2.45) is 0 Å². The molecular formula is C35H34ClN3O7S. The fourth-order valence-corrected chi connectivity index (χ4v) is 5.48. The summed E-state index contributed by atoms with van der Waals surface area (Å²) in [6.07, 6.45) is 1.52. The van der Waals surface area contributed by atoms with Crippen molar-refractivity contribution in [1.29, 1.82) is 0 Å². The minimum atomic E-state index is -0.561. The first-order valence-corrected chi connectivity index (χ1v) is 15.5. The molecule has 4 rings (SSSR count). The van der Waals surface area contributed by atoms with Gasteiger partial charge in [-0.15, -0.1) is 11.8 Å². The summed E-state index contributed by atoms with van der Waals surface area (Å²) in [5.41, 5.74) is 1.92. The van der Waals surface area contributed by atoms with E-state index in [2.05, 4.69) is 16.0 Å². The van der Waals surface area contributed by atoms with Gasteiger partial charge in [0.1, 0.15) is 11.4 Å². The monoisotopic (exact) mass is 675 g/mol. The molecule has 0 saturated heterocycles. The number of hydrogen-bond donors (Lipinski definition) is 3. The maximum absolute atomic E-state index is 13.5. The number of rotatable bonds is 13. The number of hydrogen-bond acceptors (Lipinski definition) is 8. The summed E-state index contributed by atoms with van der Waals surface area (Å²) in [5, 5.41) is 8.36. The molecular weight excluding hydrogens is 642 g/mol. The quantitative estimate of drug-likeness (QED) is 0.103. The second-order valence-electron chi connectivity index (χ2n) is 9.91. The van der Waals surface area contributed by atoms with E-state index in [0.29, 0.717) is 50.5 Å². The Labute approximate surface area is 282 Å². The van der Waals surface area contributed by atoms with Crippen LogP contribution < -0.4 is 34.9 Å². The van der Waals surface area contributed by atoms with E-state index < -0.39 is 17.1 Å². The van der Waals surface area contributed by atoms with E-state index >= 15 is 0 Å². The van der Waals surface area contributed by atoms with Crippen molar-refractivity contribution in [3.8, 4) is 23.0 Å². The van der Waals surface area contributed by atoms with Crippen LogP contribution in [0.4, 0.5) is 11.4 Å². The van der Waals surface area contributed by atoms with Gasteiger partial charge >= 0.3 is 0 Å². The van der Waals surface area contributed by atoms with E-state index in [1.54, 1.807) is 91.9 Å². The van der Waals surface area contributed by atoms with Crippen molar-refractivity contribution in [3.05, 3.63) is 107 Å². The zero-order valence-corrected chi connectivity index (χ0v) is 28.0. The van der Waals surface area contributed by atoms with Gasteiger partial charge in [-0.2, -0.15) is 0 Å². The first-order valence-electron chi connectivity index (χ1n) is 14.3. The van der Waals surface area contributed by atoms with Crippen LogP contribution >= 0.6 is 23.4 Å². The van der Waals surface area contributed by atoms with Crippen LogP contribution in [0.2, 0.25) is 5.02 Å². The first kappa shape index (κ1) is 34.7. The maximum atomic E-state index is 13.5. The summed E-state index contributed by atoms with van der Waals surface area (Å²) in [5.74, 6) is 0.448. The number of nitrogens with one attached hydrogen (secondary N) is 3. The molecule has 1 atom stereocenters. The number of halogens is 1. The lowest BCUT2D eigenvalue weighted by atomic mass is 10.1. The molecule has 0 aliphatic heterocycles. The summed E-state index contributed by atoms with van der Waals surface area (Å²) in [4.78, 5) is 40.2. The Hall–Kier alpha value is -5.13. The highest BCUT2D eigenvalue weighted by atomic mass is 35.5. The highest BCUT2D eigenvalue weighted by Crippen LogP contribution is 2.39. The smallest absolute Gasteiger partial charge is 0.272 e. The summed E-state index contributed by atoms with van der Waals surface area (Å²) < 4.78 is 21.4. The topological polar surface area (TPSA) is 124 Å². The molecule has 10 nitrogen and oxygen atoms in total. The number of ether oxygens (including phenoxy) is 4. The fourth-order valence-electron chi connectivity index (χ4n) is 4.35. The summed E-state index contributed by atoms with van der Waals surface area (Å²) in [6.45, 7) is 1.79. The summed E-state index contributed by atoms with van der Waals surface area (Å²) in [7, 11) is 5.99. The zero-order chi connectivity index (χ0) is 33.9. The first-order chi connectivity index (χ1) is 22.6. The van der Waals surface area contributed by atoms with Crippen LogP contribution in [-0.2, 0) is 9.59 Å². The molecule has 0 spiro atoms. The van der Waals surface area contributed by atoms with Crippen LogP contribution in [-0.4, -0.2) is 51.4 Å². The Balaban J connectivity index is 1.50. The third kappa shape index (κ3) is 9.21. The molecule has 3 N–H and O–H groups in total. The number of carbonyl (C=O) groups excluding carboxylic acids is 3. The van der Waals surface area contributed by atoms with E-state index in [1.807, 2.05) is 0 Å². The second kappa shape index (κ2) is 16.4. The van der Waals surface area contributed by atoms with Gasteiger partial charge in [0.15, 0.2) is 11.5 Å². The number of thioether (sulfide) groups is 1. The lowest BCUT2D eigenvalue weighted by Gasteiger charge is -2.15. The minimum absolute atomic E-state index is 0.0180. The van der Waals surface area contributed by atoms with Gasteiger partial charge in [-0.1, -0.05) is 29.8 Å². The van der Waals surface area contributed by atoms with E-state index in [4.69, 9.17) is 30.5 Å². The molecule has 0 radical (unpaired) electrons. The van der Waals surface area contributed by atoms with Crippen LogP contribution in [0.1, 0.15) is 22.8 Å². The third-order valence-electron chi connectivity index (χ3n) is 6.74. The number of methoxy groups -OCH3 is 4.